The highest BCUT2D eigenvalue weighted by molar-refractivity contribution is 5.71. The molecule has 1 atom stereocenters. The molecular formula is C70H128O6. The highest BCUT2D eigenvalue weighted by Crippen LogP contribution is 2.17. The van der Waals surface area contributed by atoms with Gasteiger partial charge in [-0.3, -0.25) is 14.4 Å². The molecule has 0 rings (SSSR count). The van der Waals surface area contributed by atoms with E-state index in [1.807, 2.05) is 0 Å². The Labute approximate surface area is 473 Å². The molecule has 0 aromatic rings. The van der Waals surface area contributed by atoms with Crippen LogP contribution in [0.2, 0.25) is 0 Å². The zero-order chi connectivity index (χ0) is 55.0. The summed E-state index contributed by atoms with van der Waals surface area (Å²) in [5.41, 5.74) is 0. The van der Waals surface area contributed by atoms with E-state index in [4.69, 9.17) is 14.2 Å². The molecule has 0 aliphatic carbocycles. The van der Waals surface area contributed by atoms with Crippen LogP contribution in [0.1, 0.15) is 361 Å². The van der Waals surface area contributed by atoms with Crippen molar-refractivity contribution in [3.8, 4) is 0 Å². The number of rotatable bonds is 62. The minimum atomic E-state index is -0.775. The largest absolute Gasteiger partial charge is 0.462 e. The number of carbonyl (C=O) groups is 3. The molecule has 444 valence electrons. The summed E-state index contributed by atoms with van der Waals surface area (Å²) in [6, 6.07) is 0. The number of carbonyl (C=O) groups excluding carboxylic acids is 3. The molecule has 0 aromatic carbocycles. The molecule has 0 N–H and O–H groups in total. The third-order valence-electron chi connectivity index (χ3n) is 15.1. The fourth-order valence-electron chi connectivity index (χ4n) is 9.98. The van der Waals surface area contributed by atoms with Crippen molar-refractivity contribution in [1.82, 2.24) is 0 Å². The summed E-state index contributed by atoms with van der Waals surface area (Å²) in [6.45, 7) is 6.67. The number of unbranched alkanes of at least 4 members (excludes halogenated alkanes) is 43. The summed E-state index contributed by atoms with van der Waals surface area (Å²) < 4.78 is 16.9. The quantitative estimate of drug-likeness (QED) is 0.0261. The first-order chi connectivity index (χ1) is 37.5. The lowest BCUT2D eigenvalue weighted by Gasteiger charge is -2.18. The fraction of sp³-hybridized carbons (Fsp3) is 0.843. The van der Waals surface area contributed by atoms with E-state index in [1.54, 1.807) is 0 Å². The predicted molar refractivity (Wildman–Crippen MR) is 330 cm³/mol. The molecule has 0 aliphatic heterocycles. The Morgan fingerprint density at radius 3 is 0.750 bits per heavy atom. The Balaban J connectivity index is 4.20. The molecule has 0 radical (unpaired) electrons. The summed E-state index contributed by atoms with van der Waals surface area (Å²) in [4.78, 5) is 38.3. The van der Waals surface area contributed by atoms with Crippen LogP contribution in [0.15, 0.2) is 48.6 Å². The Bertz CT molecular complexity index is 1310. The third kappa shape index (κ3) is 62.2. The molecule has 6 heteroatoms. The second kappa shape index (κ2) is 64.9. The topological polar surface area (TPSA) is 78.9 Å². The van der Waals surface area contributed by atoms with Gasteiger partial charge in [0.2, 0.25) is 0 Å². The van der Waals surface area contributed by atoms with Crippen LogP contribution in [-0.4, -0.2) is 37.2 Å². The summed E-state index contributed by atoms with van der Waals surface area (Å²) in [7, 11) is 0. The van der Waals surface area contributed by atoms with E-state index in [9.17, 15) is 14.4 Å². The fourth-order valence-corrected chi connectivity index (χ4v) is 9.98. The van der Waals surface area contributed by atoms with Crippen molar-refractivity contribution in [1.29, 1.82) is 0 Å². The van der Waals surface area contributed by atoms with E-state index in [0.717, 1.165) is 77.0 Å². The van der Waals surface area contributed by atoms with Crippen molar-refractivity contribution in [2.24, 2.45) is 0 Å². The average molecular weight is 1070 g/mol. The molecule has 0 bridgehead atoms. The molecule has 76 heavy (non-hydrogen) atoms. The first-order valence-corrected chi connectivity index (χ1v) is 33.6. The second-order valence-electron chi connectivity index (χ2n) is 22.7. The lowest BCUT2D eigenvalue weighted by Crippen LogP contribution is -2.30. The Hall–Kier alpha value is -2.63. The van der Waals surface area contributed by atoms with Crippen molar-refractivity contribution >= 4 is 17.9 Å². The number of ether oxygens (including phenoxy) is 3. The minimum absolute atomic E-state index is 0.0718. The van der Waals surface area contributed by atoms with Crippen LogP contribution in [0.3, 0.4) is 0 Å². The monoisotopic (exact) mass is 1060 g/mol. The number of hydrogen-bond acceptors (Lipinski definition) is 6. The van der Waals surface area contributed by atoms with Gasteiger partial charge in [0.25, 0.3) is 0 Å². The van der Waals surface area contributed by atoms with Crippen LogP contribution in [0.5, 0.6) is 0 Å². The number of esters is 3. The van der Waals surface area contributed by atoms with Crippen LogP contribution in [0.25, 0.3) is 0 Å². The van der Waals surface area contributed by atoms with E-state index in [2.05, 4.69) is 69.4 Å². The summed E-state index contributed by atoms with van der Waals surface area (Å²) in [5, 5.41) is 0. The maximum atomic E-state index is 12.9. The average Bonchev–Trinajstić information content (AvgIpc) is 3.42. The summed E-state index contributed by atoms with van der Waals surface area (Å²) in [5.74, 6) is -0.858. The molecular weight excluding hydrogens is 937 g/mol. The zero-order valence-corrected chi connectivity index (χ0v) is 51.0. The predicted octanol–water partition coefficient (Wildman–Crippen LogP) is 22.9. The highest BCUT2D eigenvalue weighted by atomic mass is 16.6. The molecule has 1 unspecified atom stereocenters. The Morgan fingerprint density at radius 1 is 0.263 bits per heavy atom. The number of allylic oxidation sites excluding steroid dienone is 8. The van der Waals surface area contributed by atoms with Gasteiger partial charge < -0.3 is 14.2 Å². The molecule has 6 nitrogen and oxygen atoms in total. The normalized spacial score (nSPS) is 12.3. The van der Waals surface area contributed by atoms with Gasteiger partial charge in [-0.15, -0.1) is 0 Å². The maximum Gasteiger partial charge on any atom is 0.306 e. The van der Waals surface area contributed by atoms with Crippen LogP contribution in [0.4, 0.5) is 0 Å². The van der Waals surface area contributed by atoms with Crippen molar-refractivity contribution in [3.05, 3.63) is 48.6 Å². The van der Waals surface area contributed by atoms with Crippen molar-refractivity contribution in [3.63, 3.8) is 0 Å². The second-order valence-corrected chi connectivity index (χ2v) is 22.7. The lowest BCUT2D eigenvalue weighted by atomic mass is 10.0. The summed E-state index contributed by atoms with van der Waals surface area (Å²) >= 11 is 0. The molecule has 0 fully saturated rings. The van der Waals surface area contributed by atoms with Crippen molar-refractivity contribution in [2.75, 3.05) is 13.2 Å². The standard InChI is InChI=1S/C70H128O6/c1-4-7-10-13-16-19-22-25-28-29-30-31-32-33-34-35-36-37-38-39-40-41-43-45-48-51-54-57-60-63-69(72)75-66-67(65-74-68(71)62-59-56-53-50-47-44-27-24-21-18-15-12-9-6-3)76-70(73)64-61-58-55-52-49-46-42-26-23-20-17-14-11-8-5-2/h22,25-26,29-30,32-33,42,67H,4-21,23-24,27-28,31,34-41,43-66H2,1-3H3/b25-22-,30-29-,33-32-,42-26-. The van der Waals surface area contributed by atoms with E-state index in [1.165, 1.54) is 244 Å². The van der Waals surface area contributed by atoms with Gasteiger partial charge in [0.1, 0.15) is 13.2 Å². The highest BCUT2D eigenvalue weighted by Gasteiger charge is 2.19. The van der Waals surface area contributed by atoms with Gasteiger partial charge in [-0.2, -0.15) is 0 Å². The lowest BCUT2D eigenvalue weighted by molar-refractivity contribution is -0.167. The Kier molecular flexibility index (Phi) is 62.6. The van der Waals surface area contributed by atoms with E-state index >= 15 is 0 Å². The molecule has 0 aliphatic rings. The van der Waals surface area contributed by atoms with E-state index < -0.39 is 6.10 Å². The van der Waals surface area contributed by atoms with Gasteiger partial charge in [0, 0.05) is 19.3 Å². The van der Waals surface area contributed by atoms with Gasteiger partial charge in [0.15, 0.2) is 6.10 Å². The third-order valence-corrected chi connectivity index (χ3v) is 15.1. The maximum absolute atomic E-state index is 12.9. The molecule has 0 saturated carbocycles. The minimum Gasteiger partial charge on any atom is -0.462 e. The molecule has 0 saturated heterocycles. The van der Waals surface area contributed by atoms with E-state index in [0.29, 0.717) is 19.3 Å². The molecule has 0 amide bonds. The Morgan fingerprint density at radius 2 is 0.474 bits per heavy atom. The summed E-state index contributed by atoms with van der Waals surface area (Å²) in [6.07, 6.45) is 81.3. The van der Waals surface area contributed by atoms with Gasteiger partial charge in [0.05, 0.1) is 0 Å². The van der Waals surface area contributed by atoms with E-state index in [-0.39, 0.29) is 31.1 Å². The van der Waals surface area contributed by atoms with Crippen LogP contribution in [0, 0.1) is 0 Å². The zero-order valence-electron chi connectivity index (χ0n) is 51.0. The van der Waals surface area contributed by atoms with Crippen molar-refractivity contribution < 1.29 is 28.6 Å². The van der Waals surface area contributed by atoms with Crippen LogP contribution >= 0.6 is 0 Å². The molecule has 0 spiro atoms. The van der Waals surface area contributed by atoms with Crippen LogP contribution < -0.4 is 0 Å². The smallest absolute Gasteiger partial charge is 0.306 e. The molecule has 0 aromatic heterocycles. The molecule has 0 heterocycles. The van der Waals surface area contributed by atoms with Gasteiger partial charge in [-0.05, 0) is 83.5 Å². The SMILES string of the molecule is CCCCCCC/C=C\C/C=C\C/C=C\CCCCCCCCCCCCCCCCC(=O)OCC(COC(=O)CCCCCCCCCCCCCCCC)OC(=O)CCCCCCC/C=C\CCCCCCCC. The van der Waals surface area contributed by atoms with Gasteiger partial charge in [-0.25, -0.2) is 0 Å². The first-order valence-electron chi connectivity index (χ1n) is 33.6. The van der Waals surface area contributed by atoms with Gasteiger partial charge in [-0.1, -0.05) is 307 Å². The van der Waals surface area contributed by atoms with Gasteiger partial charge >= 0.3 is 17.9 Å². The number of hydrogen-bond donors (Lipinski definition) is 0. The first kappa shape index (κ1) is 73.4. The van der Waals surface area contributed by atoms with Crippen LogP contribution in [-0.2, 0) is 28.6 Å². The van der Waals surface area contributed by atoms with Crippen molar-refractivity contribution in [2.45, 2.75) is 367 Å².